The Morgan fingerprint density at radius 3 is 3.04 bits per heavy atom. The van der Waals surface area contributed by atoms with Crippen molar-refractivity contribution in [1.29, 1.82) is 0 Å². The summed E-state index contributed by atoms with van der Waals surface area (Å²) in [5.41, 5.74) is 5.20. The highest BCUT2D eigenvalue weighted by Gasteiger charge is 2.21. The van der Waals surface area contributed by atoms with Gasteiger partial charge in [-0.1, -0.05) is 24.3 Å². The van der Waals surface area contributed by atoms with Crippen molar-refractivity contribution >= 4 is 22.6 Å². The van der Waals surface area contributed by atoms with Crippen LogP contribution in [0.4, 0.5) is 10.5 Å². The van der Waals surface area contributed by atoms with Gasteiger partial charge in [0.1, 0.15) is 0 Å². The number of fused-ring (bicyclic) bond motifs is 2. The fourth-order valence-electron chi connectivity index (χ4n) is 3.45. The lowest BCUT2D eigenvalue weighted by Crippen LogP contribution is -2.34. The molecule has 1 aliphatic carbocycles. The van der Waals surface area contributed by atoms with Crippen LogP contribution in [0.15, 0.2) is 42.5 Å². The Morgan fingerprint density at radius 2 is 2.12 bits per heavy atom. The van der Waals surface area contributed by atoms with Gasteiger partial charge in [0.05, 0.1) is 11.6 Å². The van der Waals surface area contributed by atoms with Crippen LogP contribution >= 0.6 is 0 Å². The first-order valence-corrected chi connectivity index (χ1v) is 8.31. The van der Waals surface area contributed by atoms with Crippen molar-refractivity contribution in [2.24, 2.45) is 0 Å². The highest BCUT2D eigenvalue weighted by Crippen LogP contribution is 2.29. The van der Waals surface area contributed by atoms with Crippen molar-refractivity contribution in [3.05, 3.63) is 59.3 Å². The van der Waals surface area contributed by atoms with Gasteiger partial charge in [0.25, 0.3) is 0 Å². The number of urea groups is 1. The highest BCUT2D eigenvalue weighted by molar-refractivity contribution is 5.93. The molecule has 0 saturated carbocycles. The lowest BCUT2D eigenvalue weighted by Gasteiger charge is -2.26. The lowest BCUT2D eigenvalue weighted by molar-refractivity contribution is 0.247. The molecule has 122 valence electrons. The molecule has 0 spiro atoms. The van der Waals surface area contributed by atoms with Crippen LogP contribution < -0.4 is 10.6 Å². The molecule has 0 aliphatic heterocycles. The third-order valence-corrected chi connectivity index (χ3v) is 4.68. The molecule has 2 amide bonds. The minimum absolute atomic E-state index is 0.0753. The molecular formula is C19H20N4O. The smallest absolute Gasteiger partial charge is 0.319 e. The molecule has 0 bridgehead atoms. The van der Waals surface area contributed by atoms with Crippen molar-refractivity contribution in [3.8, 4) is 0 Å². The third-order valence-electron chi connectivity index (χ3n) is 4.68. The van der Waals surface area contributed by atoms with Crippen molar-refractivity contribution in [3.63, 3.8) is 0 Å². The molecule has 4 rings (SSSR count). The molecule has 24 heavy (non-hydrogen) atoms. The molecule has 1 aromatic heterocycles. The minimum Gasteiger partial charge on any atom is -0.331 e. The summed E-state index contributed by atoms with van der Waals surface area (Å²) in [6.07, 6.45) is 3.16. The predicted molar refractivity (Wildman–Crippen MR) is 95.1 cm³/mol. The molecule has 3 aromatic rings. The number of aromatic amines is 1. The highest BCUT2D eigenvalue weighted by atomic mass is 16.2. The van der Waals surface area contributed by atoms with Crippen LogP contribution in [0.2, 0.25) is 0 Å². The van der Waals surface area contributed by atoms with E-state index in [-0.39, 0.29) is 12.1 Å². The van der Waals surface area contributed by atoms with Crippen molar-refractivity contribution in [1.82, 2.24) is 15.5 Å². The summed E-state index contributed by atoms with van der Waals surface area (Å²) >= 11 is 0. The number of H-pyrrole nitrogens is 1. The first-order chi connectivity index (χ1) is 11.7. The summed E-state index contributed by atoms with van der Waals surface area (Å²) in [7, 11) is 0. The van der Waals surface area contributed by atoms with Gasteiger partial charge in [-0.15, -0.1) is 0 Å². The standard InChI is InChI=1S/C19H20N4O/c1-12-15-10-9-14(11-18(15)23-22-12)20-19(24)21-17-8-4-6-13-5-2-3-7-16(13)17/h2-3,5,7,9-11,17H,4,6,8H2,1H3,(H,22,23)(H2,20,21,24)/t17-/m1/s1. The number of nitrogens with one attached hydrogen (secondary N) is 3. The molecule has 0 unspecified atom stereocenters. The molecule has 1 atom stereocenters. The number of amides is 2. The summed E-state index contributed by atoms with van der Waals surface area (Å²) in [5.74, 6) is 0. The van der Waals surface area contributed by atoms with E-state index in [0.717, 1.165) is 41.5 Å². The van der Waals surface area contributed by atoms with Crippen LogP contribution in [0, 0.1) is 6.92 Å². The molecule has 1 heterocycles. The zero-order valence-corrected chi connectivity index (χ0v) is 13.6. The summed E-state index contributed by atoms with van der Waals surface area (Å²) in [4.78, 5) is 12.4. The fraction of sp³-hybridized carbons (Fsp3) is 0.263. The minimum atomic E-state index is -0.177. The van der Waals surface area contributed by atoms with Crippen LogP contribution in [0.1, 0.15) is 35.7 Å². The van der Waals surface area contributed by atoms with E-state index in [9.17, 15) is 4.79 Å². The average Bonchev–Trinajstić information content (AvgIpc) is 2.96. The van der Waals surface area contributed by atoms with E-state index in [2.05, 4.69) is 39.0 Å². The monoisotopic (exact) mass is 320 g/mol. The van der Waals surface area contributed by atoms with Crippen LogP contribution in [-0.2, 0) is 6.42 Å². The van der Waals surface area contributed by atoms with Gasteiger partial charge in [-0.3, -0.25) is 5.10 Å². The number of aryl methyl sites for hydroxylation is 2. The van der Waals surface area contributed by atoms with Gasteiger partial charge < -0.3 is 10.6 Å². The number of aromatic nitrogens is 2. The van der Waals surface area contributed by atoms with Crippen molar-refractivity contribution < 1.29 is 4.79 Å². The van der Waals surface area contributed by atoms with E-state index < -0.39 is 0 Å². The SMILES string of the molecule is Cc1[nH]nc2cc(NC(=O)N[C@@H]3CCCc4ccccc43)ccc12. The summed E-state index contributed by atoms with van der Waals surface area (Å²) < 4.78 is 0. The van der Waals surface area contributed by atoms with E-state index in [0.29, 0.717) is 0 Å². The Bertz CT molecular complexity index is 899. The second kappa shape index (κ2) is 6.00. The number of anilines is 1. The third kappa shape index (κ3) is 2.73. The Labute approximate surface area is 140 Å². The predicted octanol–water partition coefficient (Wildman–Crippen LogP) is 4.07. The van der Waals surface area contributed by atoms with E-state index in [1.54, 1.807) is 0 Å². The molecule has 3 N–H and O–H groups in total. The quantitative estimate of drug-likeness (QED) is 0.666. The molecule has 5 heteroatoms. The maximum atomic E-state index is 12.4. The van der Waals surface area contributed by atoms with E-state index in [4.69, 9.17) is 0 Å². The lowest BCUT2D eigenvalue weighted by atomic mass is 9.88. The maximum Gasteiger partial charge on any atom is 0.319 e. The summed E-state index contributed by atoms with van der Waals surface area (Å²) in [6.45, 7) is 1.98. The second-order valence-electron chi connectivity index (χ2n) is 6.32. The topological polar surface area (TPSA) is 69.8 Å². The molecule has 1 aliphatic rings. The largest absolute Gasteiger partial charge is 0.331 e. The van der Waals surface area contributed by atoms with Crippen molar-refractivity contribution in [2.75, 3.05) is 5.32 Å². The maximum absolute atomic E-state index is 12.4. The van der Waals surface area contributed by atoms with E-state index in [1.165, 1.54) is 11.1 Å². The fourth-order valence-corrected chi connectivity index (χ4v) is 3.45. The Balaban J connectivity index is 1.48. The number of carbonyl (C=O) groups excluding carboxylic acids is 1. The first kappa shape index (κ1) is 14.8. The van der Waals surface area contributed by atoms with Gasteiger partial charge in [0.2, 0.25) is 0 Å². The van der Waals surface area contributed by atoms with Gasteiger partial charge in [-0.25, -0.2) is 4.79 Å². The molecule has 0 radical (unpaired) electrons. The Kier molecular flexibility index (Phi) is 3.69. The van der Waals surface area contributed by atoms with Crippen molar-refractivity contribution in [2.45, 2.75) is 32.2 Å². The molecular weight excluding hydrogens is 300 g/mol. The number of hydrogen-bond acceptors (Lipinski definition) is 2. The zero-order chi connectivity index (χ0) is 16.5. The molecule has 0 fully saturated rings. The van der Waals surface area contributed by atoms with Gasteiger partial charge in [0, 0.05) is 16.8 Å². The van der Waals surface area contributed by atoms with Crippen LogP contribution in [-0.4, -0.2) is 16.2 Å². The van der Waals surface area contributed by atoms with Gasteiger partial charge in [0.15, 0.2) is 0 Å². The molecule has 2 aromatic carbocycles. The Morgan fingerprint density at radius 1 is 1.25 bits per heavy atom. The first-order valence-electron chi connectivity index (χ1n) is 8.31. The number of hydrogen-bond donors (Lipinski definition) is 3. The van der Waals surface area contributed by atoms with Gasteiger partial charge >= 0.3 is 6.03 Å². The van der Waals surface area contributed by atoms with Crippen LogP contribution in [0.3, 0.4) is 0 Å². The second-order valence-corrected chi connectivity index (χ2v) is 6.32. The van der Waals surface area contributed by atoms with Crippen LogP contribution in [0.25, 0.3) is 10.9 Å². The number of nitrogens with zero attached hydrogens (tertiary/aromatic N) is 1. The average molecular weight is 320 g/mol. The van der Waals surface area contributed by atoms with Crippen LogP contribution in [0.5, 0.6) is 0 Å². The zero-order valence-electron chi connectivity index (χ0n) is 13.6. The molecule has 5 nitrogen and oxygen atoms in total. The number of carbonyl (C=O) groups is 1. The van der Waals surface area contributed by atoms with E-state index in [1.807, 2.05) is 31.2 Å². The Hall–Kier alpha value is -2.82. The summed E-state index contributed by atoms with van der Waals surface area (Å²) in [5, 5.41) is 14.3. The van der Waals surface area contributed by atoms with E-state index >= 15 is 0 Å². The summed E-state index contributed by atoms with van der Waals surface area (Å²) in [6, 6.07) is 14.0. The normalized spacial score (nSPS) is 16.6. The van der Waals surface area contributed by atoms with Gasteiger partial charge in [-0.2, -0.15) is 5.10 Å². The van der Waals surface area contributed by atoms with Gasteiger partial charge in [-0.05, 0) is 55.5 Å². The molecule has 0 saturated heterocycles. The number of benzene rings is 2. The number of rotatable bonds is 2.